The predicted octanol–water partition coefficient (Wildman–Crippen LogP) is 4.22. The molecular formula is C21H17F4N5O2. The number of nitrogens with zero attached hydrogens (tertiary/aromatic N) is 4. The zero-order valence-electron chi connectivity index (χ0n) is 16.9. The predicted molar refractivity (Wildman–Crippen MR) is 107 cm³/mol. The summed E-state index contributed by atoms with van der Waals surface area (Å²) in [6.07, 6.45) is -2.32. The van der Waals surface area contributed by atoms with Crippen LogP contribution in [0.25, 0.3) is 0 Å². The van der Waals surface area contributed by atoms with Crippen molar-refractivity contribution in [1.29, 1.82) is 0 Å². The summed E-state index contributed by atoms with van der Waals surface area (Å²) in [5.74, 6) is -1.73. The maximum absolute atomic E-state index is 13.2. The SMILES string of the molecule is Cc1cc(N2CC(C)n3ncc(C(=O)Nc4ccc(F)cn4)c3C2=O)ccc1C(F)(F)F. The quantitative estimate of drug-likeness (QED) is 0.610. The van der Waals surface area contributed by atoms with E-state index in [1.807, 2.05) is 0 Å². The van der Waals surface area contributed by atoms with E-state index in [2.05, 4.69) is 15.4 Å². The lowest BCUT2D eigenvalue weighted by Crippen LogP contribution is -2.43. The van der Waals surface area contributed by atoms with E-state index in [1.165, 1.54) is 40.9 Å². The Labute approximate surface area is 179 Å². The molecule has 0 spiro atoms. The van der Waals surface area contributed by atoms with Crippen molar-refractivity contribution in [2.45, 2.75) is 26.1 Å². The molecule has 0 aliphatic carbocycles. The molecule has 0 radical (unpaired) electrons. The van der Waals surface area contributed by atoms with Crippen LogP contribution in [0.4, 0.5) is 29.1 Å². The first kappa shape index (κ1) is 21.5. The molecule has 1 N–H and O–H groups in total. The van der Waals surface area contributed by atoms with Gasteiger partial charge in [-0.25, -0.2) is 9.37 Å². The Kier molecular flexibility index (Phi) is 5.19. The molecular weight excluding hydrogens is 430 g/mol. The topological polar surface area (TPSA) is 80.1 Å². The Morgan fingerprint density at radius 3 is 2.56 bits per heavy atom. The number of carbonyl (C=O) groups is 2. The third kappa shape index (κ3) is 3.81. The fraction of sp³-hybridized carbons (Fsp3) is 0.238. The standard InChI is InChI=1S/C21H17F4N5O2/c1-11-7-14(4-5-16(11)21(23,24)25)29-10-12(2)30-18(20(29)32)15(9-27-30)19(31)28-17-6-3-13(22)8-26-17/h3-9,12H,10H2,1-2H3,(H,26,28,31). The molecule has 1 aromatic carbocycles. The lowest BCUT2D eigenvalue weighted by atomic mass is 10.0. The maximum atomic E-state index is 13.2. The average Bonchev–Trinajstić information content (AvgIpc) is 3.17. The first-order valence-electron chi connectivity index (χ1n) is 9.56. The molecule has 4 rings (SSSR count). The lowest BCUT2D eigenvalue weighted by Gasteiger charge is -2.32. The number of aromatic nitrogens is 3. The molecule has 2 aromatic heterocycles. The van der Waals surface area contributed by atoms with Gasteiger partial charge in [-0.3, -0.25) is 14.3 Å². The minimum Gasteiger partial charge on any atom is -0.306 e. The summed E-state index contributed by atoms with van der Waals surface area (Å²) in [4.78, 5) is 31.1. The maximum Gasteiger partial charge on any atom is 0.416 e. The van der Waals surface area contributed by atoms with E-state index in [9.17, 15) is 27.2 Å². The third-order valence-corrected chi connectivity index (χ3v) is 5.15. The molecule has 2 amide bonds. The second-order valence-corrected chi connectivity index (χ2v) is 7.43. The highest BCUT2D eigenvalue weighted by Gasteiger charge is 2.37. The van der Waals surface area contributed by atoms with Gasteiger partial charge in [0.15, 0.2) is 0 Å². The number of pyridine rings is 1. The minimum atomic E-state index is -4.50. The monoisotopic (exact) mass is 447 g/mol. The highest BCUT2D eigenvalue weighted by atomic mass is 19.4. The van der Waals surface area contributed by atoms with Crippen molar-refractivity contribution >= 4 is 23.3 Å². The van der Waals surface area contributed by atoms with Gasteiger partial charge in [0.2, 0.25) is 0 Å². The Balaban J connectivity index is 1.66. The van der Waals surface area contributed by atoms with E-state index < -0.39 is 29.4 Å². The summed E-state index contributed by atoms with van der Waals surface area (Å²) in [5, 5.41) is 6.62. The Hall–Kier alpha value is -3.76. The van der Waals surface area contributed by atoms with Gasteiger partial charge in [0.1, 0.15) is 17.3 Å². The number of carbonyl (C=O) groups excluding carboxylic acids is 2. The number of hydrogen-bond donors (Lipinski definition) is 1. The zero-order chi connectivity index (χ0) is 23.2. The molecule has 11 heteroatoms. The third-order valence-electron chi connectivity index (χ3n) is 5.15. The average molecular weight is 447 g/mol. The summed E-state index contributed by atoms with van der Waals surface area (Å²) in [6, 6.07) is 5.51. The molecule has 166 valence electrons. The van der Waals surface area contributed by atoms with Crippen molar-refractivity contribution < 1.29 is 27.2 Å². The van der Waals surface area contributed by atoms with Gasteiger partial charge in [-0.2, -0.15) is 18.3 Å². The van der Waals surface area contributed by atoms with Gasteiger partial charge in [-0.15, -0.1) is 0 Å². The van der Waals surface area contributed by atoms with Crippen LogP contribution in [0.1, 0.15) is 44.9 Å². The largest absolute Gasteiger partial charge is 0.416 e. The number of rotatable bonds is 3. The molecule has 32 heavy (non-hydrogen) atoms. The van der Waals surface area contributed by atoms with E-state index in [-0.39, 0.29) is 40.9 Å². The molecule has 1 atom stereocenters. The number of fused-ring (bicyclic) bond motifs is 1. The van der Waals surface area contributed by atoms with Crippen LogP contribution in [0.2, 0.25) is 0 Å². The molecule has 0 bridgehead atoms. The molecule has 7 nitrogen and oxygen atoms in total. The highest BCUT2D eigenvalue weighted by Crippen LogP contribution is 2.35. The van der Waals surface area contributed by atoms with Crippen molar-refractivity contribution in [3.63, 3.8) is 0 Å². The molecule has 1 aliphatic rings. The number of halogens is 4. The van der Waals surface area contributed by atoms with Gasteiger partial charge in [0.05, 0.1) is 29.6 Å². The zero-order valence-corrected chi connectivity index (χ0v) is 16.9. The van der Waals surface area contributed by atoms with Gasteiger partial charge in [0, 0.05) is 12.2 Å². The number of benzene rings is 1. The molecule has 0 fully saturated rings. The summed E-state index contributed by atoms with van der Waals surface area (Å²) in [6.45, 7) is 3.26. The van der Waals surface area contributed by atoms with Crippen molar-refractivity contribution in [3.05, 3.63) is 70.9 Å². The second kappa shape index (κ2) is 7.74. The van der Waals surface area contributed by atoms with Crippen LogP contribution in [0.3, 0.4) is 0 Å². The van der Waals surface area contributed by atoms with Crippen LogP contribution in [0.15, 0.2) is 42.7 Å². The number of hydrogen-bond acceptors (Lipinski definition) is 4. The van der Waals surface area contributed by atoms with Gasteiger partial charge < -0.3 is 10.2 Å². The van der Waals surface area contributed by atoms with Crippen LogP contribution < -0.4 is 10.2 Å². The molecule has 0 saturated heterocycles. The van der Waals surface area contributed by atoms with Crippen molar-refractivity contribution in [2.24, 2.45) is 0 Å². The van der Waals surface area contributed by atoms with Gasteiger partial charge in [0.25, 0.3) is 11.8 Å². The van der Waals surface area contributed by atoms with Gasteiger partial charge in [-0.05, 0) is 49.7 Å². The van der Waals surface area contributed by atoms with E-state index in [0.717, 1.165) is 18.3 Å². The van der Waals surface area contributed by atoms with Crippen molar-refractivity contribution in [2.75, 3.05) is 16.8 Å². The lowest BCUT2D eigenvalue weighted by molar-refractivity contribution is -0.138. The highest BCUT2D eigenvalue weighted by molar-refractivity contribution is 6.15. The first-order valence-corrected chi connectivity index (χ1v) is 9.56. The number of amides is 2. The van der Waals surface area contributed by atoms with Crippen LogP contribution in [0, 0.1) is 12.7 Å². The fourth-order valence-corrected chi connectivity index (χ4v) is 3.62. The Bertz CT molecular complexity index is 1200. The van der Waals surface area contributed by atoms with E-state index >= 15 is 0 Å². The van der Waals surface area contributed by atoms with Gasteiger partial charge >= 0.3 is 6.18 Å². The summed E-state index contributed by atoms with van der Waals surface area (Å²) >= 11 is 0. The Morgan fingerprint density at radius 2 is 1.94 bits per heavy atom. The van der Waals surface area contributed by atoms with Crippen molar-refractivity contribution in [3.8, 4) is 0 Å². The van der Waals surface area contributed by atoms with E-state index in [0.29, 0.717) is 0 Å². The number of anilines is 2. The van der Waals surface area contributed by atoms with Crippen LogP contribution in [0.5, 0.6) is 0 Å². The molecule has 3 aromatic rings. The minimum absolute atomic E-state index is 0.000845. The first-order chi connectivity index (χ1) is 15.1. The van der Waals surface area contributed by atoms with E-state index in [4.69, 9.17) is 0 Å². The molecule has 3 heterocycles. The molecule has 1 unspecified atom stereocenters. The molecule has 1 aliphatic heterocycles. The normalized spacial score (nSPS) is 16.1. The van der Waals surface area contributed by atoms with Crippen LogP contribution >= 0.6 is 0 Å². The smallest absolute Gasteiger partial charge is 0.306 e. The van der Waals surface area contributed by atoms with Crippen molar-refractivity contribution in [1.82, 2.24) is 14.8 Å². The van der Waals surface area contributed by atoms with Crippen LogP contribution in [-0.4, -0.2) is 33.1 Å². The van der Waals surface area contributed by atoms with E-state index in [1.54, 1.807) is 6.92 Å². The summed E-state index contributed by atoms with van der Waals surface area (Å²) in [7, 11) is 0. The summed E-state index contributed by atoms with van der Waals surface area (Å²) in [5.41, 5.74) is -0.542. The van der Waals surface area contributed by atoms with Crippen LogP contribution in [-0.2, 0) is 6.18 Å². The molecule has 0 saturated carbocycles. The second-order valence-electron chi connectivity index (χ2n) is 7.43. The Morgan fingerprint density at radius 1 is 1.19 bits per heavy atom. The number of aryl methyl sites for hydroxylation is 1. The fourth-order valence-electron chi connectivity index (χ4n) is 3.62. The number of nitrogens with one attached hydrogen (secondary N) is 1. The van der Waals surface area contributed by atoms with Gasteiger partial charge in [-0.1, -0.05) is 0 Å². The number of alkyl halides is 3. The summed E-state index contributed by atoms with van der Waals surface area (Å²) < 4.78 is 53.7.